The number of aromatic amines is 1. The fourth-order valence-electron chi connectivity index (χ4n) is 1.23. The van der Waals surface area contributed by atoms with Crippen LogP contribution in [0.2, 0.25) is 0 Å². The summed E-state index contributed by atoms with van der Waals surface area (Å²) < 4.78 is 0. The van der Waals surface area contributed by atoms with Gasteiger partial charge in [-0.15, -0.1) is 0 Å². The summed E-state index contributed by atoms with van der Waals surface area (Å²) in [5, 5.41) is 16.1. The summed E-state index contributed by atoms with van der Waals surface area (Å²) in [4.78, 5) is 7.87. The highest BCUT2D eigenvalue weighted by atomic mass is 16.3. The molecule has 14 heavy (non-hydrogen) atoms. The van der Waals surface area contributed by atoms with E-state index in [9.17, 15) is 5.11 Å². The number of aliphatic hydroxyl groups excluding tert-OH is 1. The maximum atomic E-state index is 9.83. The van der Waals surface area contributed by atoms with Gasteiger partial charge >= 0.3 is 0 Å². The molecular weight excluding hydrogens is 180 g/mol. The Morgan fingerprint density at radius 1 is 1.43 bits per heavy atom. The van der Waals surface area contributed by atoms with Crippen molar-refractivity contribution in [2.75, 3.05) is 0 Å². The zero-order valence-electron chi connectivity index (χ0n) is 7.68. The van der Waals surface area contributed by atoms with Gasteiger partial charge in [0, 0.05) is 18.0 Å². The minimum Gasteiger partial charge on any atom is -0.380 e. The van der Waals surface area contributed by atoms with Gasteiger partial charge in [-0.05, 0) is 18.6 Å². The van der Waals surface area contributed by atoms with E-state index in [0.29, 0.717) is 11.4 Å². The molecule has 5 nitrogen and oxygen atoms in total. The van der Waals surface area contributed by atoms with Crippen molar-refractivity contribution in [3.63, 3.8) is 0 Å². The van der Waals surface area contributed by atoms with E-state index < -0.39 is 6.10 Å². The van der Waals surface area contributed by atoms with Crippen LogP contribution in [-0.4, -0.2) is 25.3 Å². The lowest BCUT2D eigenvalue weighted by molar-refractivity contribution is 0.210. The second-order valence-corrected chi connectivity index (χ2v) is 3.07. The predicted molar refractivity (Wildman–Crippen MR) is 49.4 cm³/mol. The Balaban J connectivity index is 2.32. The molecule has 72 valence electrons. The molecule has 0 saturated heterocycles. The smallest absolute Gasteiger partial charge is 0.157 e. The molecule has 0 aliphatic heterocycles. The van der Waals surface area contributed by atoms with E-state index in [1.807, 2.05) is 13.0 Å². The molecule has 0 spiro atoms. The number of hydrogen-bond acceptors (Lipinski definition) is 4. The largest absolute Gasteiger partial charge is 0.380 e. The number of hydrogen-bond donors (Lipinski definition) is 2. The number of pyridine rings is 1. The average Bonchev–Trinajstić information content (AvgIpc) is 2.69. The minimum absolute atomic E-state index is 0.428. The molecule has 0 aliphatic carbocycles. The van der Waals surface area contributed by atoms with Crippen molar-refractivity contribution in [2.45, 2.75) is 13.0 Å². The van der Waals surface area contributed by atoms with Gasteiger partial charge in [-0.1, -0.05) is 0 Å². The first-order chi connectivity index (χ1) is 6.77. The molecule has 2 heterocycles. The van der Waals surface area contributed by atoms with Gasteiger partial charge in [0.15, 0.2) is 5.82 Å². The fraction of sp³-hybridized carbons (Fsp3) is 0.222. The van der Waals surface area contributed by atoms with Crippen LogP contribution in [0.25, 0.3) is 0 Å². The van der Waals surface area contributed by atoms with Crippen LogP contribution in [-0.2, 0) is 0 Å². The molecule has 2 aromatic heterocycles. The molecule has 0 aromatic carbocycles. The van der Waals surface area contributed by atoms with Crippen LogP contribution < -0.4 is 0 Å². The van der Waals surface area contributed by atoms with Gasteiger partial charge in [0.25, 0.3) is 0 Å². The molecule has 0 saturated carbocycles. The molecule has 2 N–H and O–H groups in total. The molecule has 0 fully saturated rings. The first kappa shape index (κ1) is 8.83. The van der Waals surface area contributed by atoms with Crippen molar-refractivity contribution < 1.29 is 5.11 Å². The van der Waals surface area contributed by atoms with E-state index in [-0.39, 0.29) is 0 Å². The number of H-pyrrole nitrogens is 1. The third-order valence-corrected chi connectivity index (χ3v) is 1.90. The quantitative estimate of drug-likeness (QED) is 0.726. The third kappa shape index (κ3) is 1.62. The van der Waals surface area contributed by atoms with Crippen LogP contribution in [0.4, 0.5) is 0 Å². The summed E-state index contributed by atoms with van der Waals surface area (Å²) >= 11 is 0. The monoisotopic (exact) mass is 190 g/mol. The molecule has 0 amide bonds. The van der Waals surface area contributed by atoms with E-state index in [0.717, 1.165) is 5.56 Å². The number of aryl methyl sites for hydroxylation is 1. The van der Waals surface area contributed by atoms with Crippen LogP contribution in [0.3, 0.4) is 0 Å². The number of nitrogens with one attached hydrogen (secondary N) is 1. The first-order valence-corrected chi connectivity index (χ1v) is 4.22. The number of rotatable bonds is 2. The molecule has 1 unspecified atom stereocenters. The van der Waals surface area contributed by atoms with Crippen molar-refractivity contribution in [1.82, 2.24) is 20.2 Å². The van der Waals surface area contributed by atoms with E-state index in [1.165, 1.54) is 6.33 Å². The number of aliphatic hydroxyl groups is 1. The zero-order chi connectivity index (χ0) is 9.97. The van der Waals surface area contributed by atoms with Crippen LogP contribution in [0.5, 0.6) is 0 Å². The molecule has 0 bridgehead atoms. The van der Waals surface area contributed by atoms with Gasteiger partial charge in [0.05, 0.1) is 0 Å². The zero-order valence-corrected chi connectivity index (χ0v) is 7.68. The highest BCUT2D eigenvalue weighted by molar-refractivity contribution is 5.22. The first-order valence-electron chi connectivity index (χ1n) is 4.22. The van der Waals surface area contributed by atoms with Crippen molar-refractivity contribution in [1.29, 1.82) is 0 Å². The lowest BCUT2D eigenvalue weighted by atomic mass is 10.1. The fourth-order valence-corrected chi connectivity index (χ4v) is 1.23. The molecule has 2 rings (SSSR count). The molecule has 0 aliphatic rings. The Kier molecular flexibility index (Phi) is 2.24. The van der Waals surface area contributed by atoms with Crippen LogP contribution in [0.1, 0.15) is 23.1 Å². The summed E-state index contributed by atoms with van der Waals surface area (Å²) in [6.07, 6.45) is 3.92. The SMILES string of the molecule is Cc1cncc(C(O)c2ncn[nH]2)c1. The Labute approximate surface area is 80.8 Å². The van der Waals surface area contributed by atoms with Crippen molar-refractivity contribution in [2.24, 2.45) is 0 Å². The maximum absolute atomic E-state index is 9.83. The predicted octanol–water partition coefficient (Wildman–Crippen LogP) is 0.590. The van der Waals surface area contributed by atoms with E-state index in [1.54, 1.807) is 12.4 Å². The highest BCUT2D eigenvalue weighted by Gasteiger charge is 2.13. The van der Waals surface area contributed by atoms with Gasteiger partial charge in [-0.3, -0.25) is 10.1 Å². The van der Waals surface area contributed by atoms with Gasteiger partial charge < -0.3 is 5.11 Å². The van der Waals surface area contributed by atoms with E-state index in [4.69, 9.17) is 0 Å². The van der Waals surface area contributed by atoms with Gasteiger partial charge in [0.1, 0.15) is 12.4 Å². The lowest BCUT2D eigenvalue weighted by Crippen LogP contribution is -2.02. The van der Waals surface area contributed by atoms with Gasteiger partial charge in [-0.25, -0.2) is 4.98 Å². The maximum Gasteiger partial charge on any atom is 0.157 e. The molecule has 2 aromatic rings. The second kappa shape index (κ2) is 3.55. The summed E-state index contributed by atoms with van der Waals surface area (Å²) in [6, 6.07) is 1.86. The Morgan fingerprint density at radius 2 is 2.29 bits per heavy atom. The molecule has 1 atom stereocenters. The molecule has 5 heteroatoms. The third-order valence-electron chi connectivity index (χ3n) is 1.90. The van der Waals surface area contributed by atoms with Gasteiger partial charge in [-0.2, -0.15) is 5.10 Å². The average molecular weight is 190 g/mol. The van der Waals surface area contributed by atoms with E-state index in [2.05, 4.69) is 20.2 Å². The van der Waals surface area contributed by atoms with E-state index >= 15 is 0 Å². The Morgan fingerprint density at radius 3 is 2.93 bits per heavy atom. The summed E-state index contributed by atoms with van der Waals surface area (Å²) in [6.45, 7) is 1.92. The normalized spacial score (nSPS) is 12.7. The number of aromatic nitrogens is 4. The van der Waals surface area contributed by atoms with Crippen LogP contribution in [0, 0.1) is 6.92 Å². The Bertz CT molecular complexity index is 413. The van der Waals surface area contributed by atoms with Crippen LogP contribution in [0.15, 0.2) is 24.8 Å². The van der Waals surface area contributed by atoms with Crippen LogP contribution >= 0.6 is 0 Å². The summed E-state index contributed by atoms with van der Waals surface area (Å²) in [5.74, 6) is 0.428. The molecule has 0 radical (unpaired) electrons. The molecular formula is C9H10N4O. The van der Waals surface area contributed by atoms with Crippen molar-refractivity contribution >= 4 is 0 Å². The lowest BCUT2D eigenvalue weighted by Gasteiger charge is -2.06. The standard InChI is InChI=1S/C9H10N4O/c1-6-2-7(4-10-3-6)8(14)9-11-5-12-13-9/h2-5,8,14H,1H3,(H,11,12,13). The number of nitrogens with zero attached hydrogens (tertiary/aromatic N) is 3. The highest BCUT2D eigenvalue weighted by Crippen LogP contribution is 2.17. The second-order valence-electron chi connectivity index (χ2n) is 3.07. The Hall–Kier alpha value is -1.75. The van der Waals surface area contributed by atoms with Crippen molar-refractivity contribution in [3.05, 3.63) is 41.7 Å². The van der Waals surface area contributed by atoms with Crippen molar-refractivity contribution in [3.8, 4) is 0 Å². The van der Waals surface area contributed by atoms with Gasteiger partial charge in [0.2, 0.25) is 0 Å². The summed E-state index contributed by atoms with van der Waals surface area (Å²) in [7, 11) is 0. The minimum atomic E-state index is -0.787. The summed E-state index contributed by atoms with van der Waals surface area (Å²) in [5.41, 5.74) is 1.71. The topological polar surface area (TPSA) is 74.7 Å².